The van der Waals surface area contributed by atoms with Crippen LogP contribution in [0.5, 0.6) is 0 Å². The highest BCUT2D eigenvalue weighted by Gasteiger charge is 2.33. The van der Waals surface area contributed by atoms with Gasteiger partial charge in [0, 0.05) is 23.4 Å². The van der Waals surface area contributed by atoms with E-state index in [2.05, 4.69) is 64.2 Å². The zero-order valence-electron chi connectivity index (χ0n) is 14.1. The highest BCUT2D eigenvalue weighted by Crippen LogP contribution is 2.42. The lowest BCUT2D eigenvalue weighted by Crippen LogP contribution is -2.34. The van der Waals surface area contributed by atoms with Crippen LogP contribution in [0.3, 0.4) is 0 Å². The van der Waals surface area contributed by atoms with E-state index < -0.39 is 0 Å². The van der Waals surface area contributed by atoms with Crippen LogP contribution in [0.1, 0.15) is 64.8 Å². The van der Waals surface area contributed by atoms with Crippen LogP contribution in [-0.2, 0) is 6.42 Å². The summed E-state index contributed by atoms with van der Waals surface area (Å²) in [5, 5.41) is 5.04. The van der Waals surface area contributed by atoms with E-state index in [-0.39, 0.29) is 5.41 Å². The molecule has 0 aliphatic heterocycles. The highest BCUT2D eigenvalue weighted by atomic mass is 16.3. The molecule has 0 saturated carbocycles. The fraction of sp³-hybridized carbons (Fsp3) is 0.579. The number of nitrogens with one attached hydrogen (secondary N) is 1. The quantitative estimate of drug-likeness (QED) is 0.730. The average Bonchev–Trinajstić information content (AvgIpc) is 2.86. The van der Waals surface area contributed by atoms with Gasteiger partial charge in [0.25, 0.3) is 0 Å². The monoisotopic (exact) mass is 287 g/mol. The molecule has 1 atom stereocenters. The van der Waals surface area contributed by atoms with E-state index in [9.17, 15) is 0 Å². The number of hydrogen-bond donors (Lipinski definition) is 1. The normalized spacial score (nSPS) is 13.8. The van der Waals surface area contributed by atoms with Gasteiger partial charge in [0.05, 0.1) is 0 Å². The van der Waals surface area contributed by atoms with Crippen LogP contribution >= 0.6 is 0 Å². The first-order chi connectivity index (χ1) is 10.0. The van der Waals surface area contributed by atoms with Crippen LogP contribution in [-0.4, -0.2) is 6.54 Å². The summed E-state index contributed by atoms with van der Waals surface area (Å²) in [7, 11) is 0. The van der Waals surface area contributed by atoms with E-state index in [0.29, 0.717) is 6.04 Å². The van der Waals surface area contributed by atoms with Crippen molar-refractivity contribution in [3.8, 4) is 0 Å². The van der Waals surface area contributed by atoms with Crippen molar-refractivity contribution in [2.24, 2.45) is 5.41 Å². The molecular formula is C19H29NO. The molecule has 0 aliphatic carbocycles. The second-order valence-electron chi connectivity index (χ2n) is 6.52. The van der Waals surface area contributed by atoms with Crippen molar-refractivity contribution >= 4 is 11.0 Å². The first-order valence-electron chi connectivity index (χ1n) is 8.28. The van der Waals surface area contributed by atoms with Crippen molar-refractivity contribution in [1.29, 1.82) is 0 Å². The molecule has 0 bridgehead atoms. The lowest BCUT2D eigenvalue weighted by atomic mass is 9.77. The van der Waals surface area contributed by atoms with Crippen LogP contribution in [0.15, 0.2) is 28.7 Å². The first kappa shape index (κ1) is 16.1. The molecule has 1 aromatic carbocycles. The van der Waals surface area contributed by atoms with E-state index in [1.54, 1.807) is 0 Å². The first-order valence-corrected chi connectivity index (χ1v) is 8.28. The number of fused-ring (bicyclic) bond motifs is 1. The molecule has 0 aliphatic rings. The van der Waals surface area contributed by atoms with Crippen molar-refractivity contribution < 1.29 is 4.42 Å². The molecule has 2 heteroatoms. The predicted molar refractivity (Wildman–Crippen MR) is 90.7 cm³/mol. The lowest BCUT2D eigenvalue weighted by molar-refractivity contribution is 0.233. The van der Waals surface area contributed by atoms with Crippen molar-refractivity contribution in [2.45, 2.75) is 59.9 Å². The van der Waals surface area contributed by atoms with Crippen molar-refractivity contribution in [2.75, 3.05) is 6.54 Å². The Morgan fingerprint density at radius 2 is 1.86 bits per heavy atom. The van der Waals surface area contributed by atoms with Crippen LogP contribution in [0.2, 0.25) is 0 Å². The van der Waals surface area contributed by atoms with Gasteiger partial charge in [-0.15, -0.1) is 0 Å². The topological polar surface area (TPSA) is 25.2 Å². The Morgan fingerprint density at radius 1 is 1.14 bits per heavy atom. The summed E-state index contributed by atoms with van der Waals surface area (Å²) < 4.78 is 6.11. The summed E-state index contributed by atoms with van der Waals surface area (Å²) in [5.74, 6) is 1.13. The standard InChI is InChI=1S/C19H29NO/c1-6-13-20-18(19(4,5)8-3)17-14-11-9-10-12-16(14)21-15(17)7-2/h9-12,18,20H,6-8,13H2,1-5H3. The third-order valence-corrected chi connectivity index (χ3v) is 4.61. The highest BCUT2D eigenvalue weighted by molar-refractivity contribution is 5.83. The molecule has 2 rings (SSSR count). The summed E-state index contributed by atoms with van der Waals surface area (Å²) in [4.78, 5) is 0. The summed E-state index contributed by atoms with van der Waals surface area (Å²) in [5.41, 5.74) is 2.58. The summed E-state index contributed by atoms with van der Waals surface area (Å²) in [6.07, 6.45) is 3.22. The lowest BCUT2D eigenvalue weighted by Gasteiger charge is -2.35. The van der Waals surface area contributed by atoms with Gasteiger partial charge in [-0.3, -0.25) is 0 Å². The fourth-order valence-corrected chi connectivity index (χ4v) is 2.96. The Morgan fingerprint density at radius 3 is 2.48 bits per heavy atom. The minimum absolute atomic E-state index is 0.200. The molecule has 0 amide bonds. The Kier molecular flexibility index (Phi) is 5.10. The van der Waals surface area contributed by atoms with Crippen molar-refractivity contribution in [3.63, 3.8) is 0 Å². The zero-order chi connectivity index (χ0) is 15.5. The second kappa shape index (κ2) is 6.65. The van der Waals surface area contributed by atoms with Crippen LogP contribution in [0.4, 0.5) is 0 Å². The smallest absolute Gasteiger partial charge is 0.134 e. The molecule has 21 heavy (non-hydrogen) atoms. The third-order valence-electron chi connectivity index (χ3n) is 4.61. The van der Waals surface area contributed by atoms with Gasteiger partial charge >= 0.3 is 0 Å². The van der Waals surface area contributed by atoms with Gasteiger partial charge in [-0.25, -0.2) is 0 Å². The Labute approximate surface area is 128 Å². The number of para-hydroxylation sites is 1. The Bertz CT molecular complexity index is 582. The number of benzene rings is 1. The van der Waals surface area contributed by atoms with Gasteiger partial charge in [0.1, 0.15) is 11.3 Å². The Hall–Kier alpha value is -1.28. The van der Waals surface area contributed by atoms with Gasteiger partial charge in [0.2, 0.25) is 0 Å². The van der Waals surface area contributed by atoms with Crippen molar-refractivity contribution in [3.05, 3.63) is 35.6 Å². The molecule has 0 spiro atoms. The number of rotatable bonds is 7. The molecule has 0 radical (unpaired) electrons. The van der Waals surface area contributed by atoms with E-state index in [1.165, 1.54) is 10.9 Å². The molecule has 0 saturated heterocycles. The van der Waals surface area contributed by atoms with Gasteiger partial charge in [-0.05, 0) is 30.9 Å². The predicted octanol–water partition coefficient (Wildman–Crippen LogP) is 5.47. The maximum Gasteiger partial charge on any atom is 0.134 e. The van der Waals surface area contributed by atoms with Crippen LogP contribution < -0.4 is 5.32 Å². The number of hydrogen-bond acceptors (Lipinski definition) is 2. The van der Waals surface area contributed by atoms with E-state index in [0.717, 1.165) is 37.2 Å². The van der Waals surface area contributed by atoms with Gasteiger partial charge in [-0.1, -0.05) is 52.8 Å². The third kappa shape index (κ3) is 3.16. The maximum absolute atomic E-state index is 6.11. The minimum Gasteiger partial charge on any atom is -0.461 e. The summed E-state index contributed by atoms with van der Waals surface area (Å²) in [6.45, 7) is 12.4. The molecule has 116 valence electrons. The maximum atomic E-state index is 6.11. The minimum atomic E-state index is 0.200. The molecule has 1 N–H and O–H groups in total. The molecule has 0 fully saturated rings. The van der Waals surface area contributed by atoms with Gasteiger partial charge < -0.3 is 9.73 Å². The molecule has 1 aromatic heterocycles. The van der Waals surface area contributed by atoms with E-state index in [1.807, 2.05) is 0 Å². The van der Waals surface area contributed by atoms with Crippen LogP contribution in [0.25, 0.3) is 11.0 Å². The van der Waals surface area contributed by atoms with Crippen molar-refractivity contribution in [1.82, 2.24) is 5.32 Å². The second-order valence-corrected chi connectivity index (χ2v) is 6.52. The summed E-state index contributed by atoms with van der Waals surface area (Å²) in [6, 6.07) is 8.76. The Balaban J connectivity index is 2.57. The average molecular weight is 287 g/mol. The van der Waals surface area contributed by atoms with Gasteiger partial charge in [0.15, 0.2) is 0 Å². The van der Waals surface area contributed by atoms with Crippen LogP contribution in [0, 0.1) is 5.41 Å². The summed E-state index contributed by atoms with van der Waals surface area (Å²) >= 11 is 0. The number of aryl methyl sites for hydroxylation is 1. The van der Waals surface area contributed by atoms with Gasteiger partial charge in [-0.2, -0.15) is 0 Å². The largest absolute Gasteiger partial charge is 0.461 e. The molecule has 1 unspecified atom stereocenters. The SMILES string of the molecule is CCCNC(c1c(CC)oc2ccccc12)C(C)(C)CC. The zero-order valence-corrected chi connectivity index (χ0v) is 14.1. The molecule has 1 heterocycles. The molecule has 2 nitrogen and oxygen atoms in total. The van der Waals surface area contributed by atoms with E-state index >= 15 is 0 Å². The molecular weight excluding hydrogens is 258 g/mol. The molecule has 2 aromatic rings. The number of furan rings is 1. The van der Waals surface area contributed by atoms with E-state index in [4.69, 9.17) is 4.42 Å². The fourth-order valence-electron chi connectivity index (χ4n) is 2.96.